The van der Waals surface area contributed by atoms with Gasteiger partial charge in [-0.05, 0) is 32.4 Å². The van der Waals surface area contributed by atoms with Crippen LogP contribution in [0.1, 0.15) is 23.9 Å². The molecular formula is C16H21N3O. The number of anilines is 1. The predicted octanol–water partition coefficient (Wildman–Crippen LogP) is 3.34. The van der Waals surface area contributed by atoms with Crippen LogP contribution in [0.25, 0.3) is 11.3 Å². The Balaban J connectivity index is 2.46. The second-order valence-corrected chi connectivity index (χ2v) is 4.76. The minimum atomic E-state index is 0.434. The standard InChI is InChI=1S/C16H21N3O/c1-5-20-10-16-18-14(9-15(17-4)19-16)13-8-11(2)6-7-12(13)3/h6-9H,5,10H2,1-4H3,(H,17,18,19). The van der Waals surface area contributed by atoms with Crippen LogP contribution in [0.2, 0.25) is 0 Å². The number of hydrogen-bond acceptors (Lipinski definition) is 4. The van der Waals surface area contributed by atoms with Crippen LogP contribution in [0.5, 0.6) is 0 Å². The molecule has 0 unspecified atom stereocenters. The minimum Gasteiger partial charge on any atom is -0.374 e. The summed E-state index contributed by atoms with van der Waals surface area (Å²) in [5.74, 6) is 1.51. The lowest BCUT2D eigenvalue weighted by Gasteiger charge is -2.10. The maximum Gasteiger partial charge on any atom is 0.157 e. The van der Waals surface area contributed by atoms with Crippen LogP contribution in [0.3, 0.4) is 0 Å². The van der Waals surface area contributed by atoms with Crippen molar-refractivity contribution in [3.05, 3.63) is 41.2 Å². The smallest absolute Gasteiger partial charge is 0.157 e. The molecule has 4 nitrogen and oxygen atoms in total. The highest BCUT2D eigenvalue weighted by Crippen LogP contribution is 2.24. The number of aryl methyl sites for hydroxylation is 2. The zero-order valence-electron chi connectivity index (χ0n) is 12.5. The van der Waals surface area contributed by atoms with Gasteiger partial charge in [-0.2, -0.15) is 0 Å². The van der Waals surface area contributed by atoms with Crippen molar-refractivity contribution in [1.82, 2.24) is 9.97 Å². The van der Waals surface area contributed by atoms with Crippen molar-refractivity contribution in [2.24, 2.45) is 0 Å². The molecule has 1 heterocycles. The van der Waals surface area contributed by atoms with Crippen LogP contribution < -0.4 is 5.32 Å². The molecular weight excluding hydrogens is 250 g/mol. The maximum atomic E-state index is 5.41. The fraction of sp³-hybridized carbons (Fsp3) is 0.375. The second kappa shape index (κ2) is 6.48. The topological polar surface area (TPSA) is 47.0 Å². The molecule has 0 aliphatic heterocycles. The van der Waals surface area contributed by atoms with E-state index in [1.165, 1.54) is 11.1 Å². The van der Waals surface area contributed by atoms with Crippen molar-refractivity contribution in [3.63, 3.8) is 0 Å². The van der Waals surface area contributed by atoms with Crippen LogP contribution in [0.15, 0.2) is 24.3 Å². The zero-order valence-corrected chi connectivity index (χ0v) is 12.5. The molecule has 0 spiro atoms. The summed E-state index contributed by atoms with van der Waals surface area (Å²) >= 11 is 0. The van der Waals surface area contributed by atoms with Crippen molar-refractivity contribution >= 4 is 5.82 Å². The Kier molecular flexibility index (Phi) is 4.69. The van der Waals surface area contributed by atoms with E-state index in [-0.39, 0.29) is 0 Å². The molecule has 0 aliphatic rings. The monoisotopic (exact) mass is 271 g/mol. The van der Waals surface area contributed by atoms with E-state index in [1.54, 1.807) is 0 Å². The third-order valence-electron chi connectivity index (χ3n) is 3.13. The molecule has 106 valence electrons. The molecule has 2 aromatic rings. The molecule has 0 fully saturated rings. The van der Waals surface area contributed by atoms with Gasteiger partial charge in [0.05, 0.1) is 5.69 Å². The van der Waals surface area contributed by atoms with Crippen LogP contribution in [-0.4, -0.2) is 23.6 Å². The Morgan fingerprint density at radius 2 is 1.95 bits per heavy atom. The van der Waals surface area contributed by atoms with Crippen molar-refractivity contribution < 1.29 is 4.74 Å². The summed E-state index contributed by atoms with van der Waals surface area (Å²) in [5.41, 5.74) is 4.50. The van der Waals surface area contributed by atoms with Gasteiger partial charge in [-0.25, -0.2) is 9.97 Å². The summed E-state index contributed by atoms with van der Waals surface area (Å²) in [6.45, 7) is 7.24. The fourth-order valence-corrected chi connectivity index (χ4v) is 2.03. The van der Waals surface area contributed by atoms with Gasteiger partial charge in [0, 0.05) is 25.3 Å². The van der Waals surface area contributed by atoms with Crippen LogP contribution in [0, 0.1) is 13.8 Å². The molecule has 1 aromatic heterocycles. The van der Waals surface area contributed by atoms with E-state index < -0.39 is 0 Å². The van der Waals surface area contributed by atoms with Gasteiger partial charge in [-0.15, -0.1) is 0 Å². The molecule has 1 N–H and O–H groups in total. The summed E-state index contributed by atoms with van der Waals surface area (Å²) in [6.07, 6.45) is 0. The van der Waals surface area contributed by atoms with Gasteiger partial charge >= 0.3 is 0 Å². The molecule has 0 aliphatic carbocycles. The Bertz CT molecular complexity index is 596. The summed E-state index contributed by atoms with van der Waals surface area (Å²) < 4.78 is 5.41. The Morgan fingerprint density at radius 1 is 1.15 bits per heavy atom. The highest BCUT2D eigenvalue weighted by molar-refractivity contribution is 5.66. The van der Waals surface area contributed by atoms with Crippen LogP contribution >= 0.6 is 0 Å². The van der Waals surface area contributed by atoms with E-state index in [0.29, 0.717) is 19.0 Å². The van der Waals surface area contributed by atoms with E-state index in [2.05, 4.69) is 47.3 Å². The van der Waals surface area contributed by atoms with Crippen molar-refractivity contribution in [2.75, 3.05) is 19.0 Å². The fourth-order valence-electron chi connectivity index (χ4n) is 2.03. The molecule has 0 bridgehead atoms. The minimum absolute atomic E-state index is 0.434. The van der Waals surface area contributed by atoms with E-state index >= 15 is 0 Å². The lowest BCUT2D eigenvalue weighted by Crippen LogP contribution is -2.04. The summed E-state index contributed by atoms with van der Waals surface area (Å²) in [4.78, 5) is 9.03. The largest absolute Gasteiger partial charge is 0.374 e. The number of aromatic nitrogens is 2. The number of benzene rings is 1. The highest BCUT2D eigenvalue weighted by Gasteiger charge is 2.08. The predicted molar refractivity (Wildman–Crippen MR) is 81.8 cm³/mol. The molecule has 2 rings (SSSR count). The third kappa shape index (κ3) is 3.33. The van der Waals surface area contributed by atoms with Gasteiger partial charge in [0.15, 0.2) is 5.82 Å². The first-order valence-electron chi connectivity index (χ1n) is 6.85. The van der Waals surface area contributed by atoms with Gasteiger partial charge in [0.25, 0.3) is 0 Å². The molecule has 0 saturated carbocycles. The normalized spacial score (nSPS) is 10.6. The summed E-state index contributed by atoms with van der Waals surface area (Å²) in [5, 5.41) is 3.08. The van der Waals surface area contributed by atoms with Gasteiger partial charge < -0.3 is 10.1 Å². The first kappa shape index (κ1) is 14.5. The van der Waals surface area contributed by atoms with E-state index in [9.17, 15) is 0 Å². The first-order chi connectivity index (χ1) is 9.63. The van der Waals surface area contributed by atoms with Crippen LogP contribution in [0.4, 0.5) is 5.82 Å². The lowest BCUT2D eigenvalue weighted by atomic mass is 10.0. The first-order valence-corrected chi connectivity index (χ1v) is 6.85. The van der Waals surface area contributed by atoms with Gasteiger partial charge in [0.2, 0.25) is 0 Å². The van der Waals surface area contributed by atoms with Crippen molar-refractivity contribution in [2.45, 2.75) is 27.4 Å². The molecule has 20 heavy (non-hydrogen) atoms. The molecule has 0 atom stereocenters. The van der Waals surface area contributed by atoms with Gasteiger partial charge in [-0.3, -0.25) is 0 Å². The maximum absolute atomic E-state index is 5.41. The average Bonchev–Trinajstić information content (AvgIpc) is 2.47. The summed E-state index contributed by atoms with van der Waals surface area (Å²) in [7, 11) is 1.86. The van der Waals surface area contributed by atoms with E-state index in [1.807, 2.05) is 20.0 Å². The third-order valence-corrected chi connectivity index (χ3v) is 3.13. The number of nitrogens with one attached hydrogen (secondary N) is 1. The Labute approximate surface area is 120 Å². The number of hydrogen-bond donors (Lipinski definition) is 1. The second-order valence-electron chi connectivity index (χ2n) is 4.76. The molecule has 4 heteroatoms. The van der Waals surface area contributed by atoms with E-state index in [0.717, 1.165) is 17.1 Å². The zero-order chi connectivity index (χ0) is 14.5. The van der Waals surface area contributed by atoms with Crippen molar-refractivity contribution in [1.29, 1.82) is 0 Å². The molecule has 1 aromatic carbocycles. The van der Waals surface area contributed by atoms with E-state index in [4.69, 9.17) is 4.74 Å². The highest BCUT2D eigenvalue weighted by atomic mass is 16.5. The average molecular weight is 271 g/mol. The van der Waals surface area contributed by atoms with Gasteiger partial charge in [0.1, 0.15) is 12.4 Å². The SMILES string of the molecule is CCOCc1nc(NC)cc(-c2cc(C)ccc2C)n1. The summed E-state index contributed by atoms with van der Waals surface area (Å²) in [6, 6.07) is 8.35. The molecule has 0 saturated heterocycles. The van der Waals surface area contributed by atoms with Gasteiger partial charge in [-0.1, -0.05) is 17.7 Å². The van der Waals surface area contributed by atoms with Crippen molar-refractivity contribution in [3.8, 4) is 11.3 Å². The number of nitrogens with zero attached hydrogens (tertiary/aromatic N) is 2. The molecule has 0 amide bonds. The Hall–Kier alpha value is -1.94. The Morgan fingerprint density at radius 3 is 2.65 bits per heavy atom. The van der Waals surface area contributed by atoms with Crippen LogP contribution in [-0.2, 0) is 11.3 Å². The molecule has 0 radical (unpaired) electrons. The number of rotatable bonds is 5. The quantitative estimate of drug-likeness (QED) is 0.906. The lowest BCUT2D eigenvalue weighted by molar-refractivity contribution is 0.128. The number of ether oxygens (including phenoxy) is 1.